The van der Waals surface area contributed by atoms with E-state index in [1.165, 1.54) is 31.7 Å². The van der Waals surface area contributed by atoms with Crippen molar-refractivity contribution in [1.29, 1.82) is 0 Å². The Bertz CT molecular complexity index is 1470. The minimum Gasteiger partial charge on any atom is -0.512 e. The van der Waals surface area contributed by atoms with Crippen LogP contribution in [-0.4, -0.2) is 42.1 Å². The van der Waals surface area contributed by atoms with E-state index in [1.54, 1.807) is 6.07 Å². The molecule has 0 spiro atoms. The Labute approximate surface area is 246 Å². The van der Waals surface area contributed by atoms with E-state index < -0.39 is 16.5 Å². The summed E-state index contributed by atoms with van der Waals surface area (Å²) in [6.45, 7) is 5.83. The number of phenolic OH excluding ortho intramolecular Hbond substituents is 1. The molecule has 2 aromatic rings. The van der Waals surface area contributed by atoms with Gasteiger partial charge in [0.15, 0.2) is 11.4 Å². The summed E-state index contributed by atoms with van der Waals surface area (Å²) in [5.41, 5.74) is 10.6. The minimum atomic E-state index is -0.722. The maximum absolute atomic E-state index is 13.5. The number of nitrogen functional groups attached to an aromatic ring is 1. The molecular weight excluding hydrogens is 538 g/mol. The number of rotatable bonds is 4. The molecule has 10 heteroatoms. The number of epoxide rings is 1. The second kappa shape index (κ2) is 13.4. The summed E-state index contributed by atoms with van der Waals surface area (Å²) in [6.07, 6.45) is 8.50. The number of hydrogen-bond donors (Lipinski definition) is 5. The number of aromatic hydroxyl groups is 1. The van der Waals surface area contributed by atoms with E-state index in [0.717, 1.165) is 12.0 Å². The first-order valence-corrected chi connectivity index (χ1v) is 14.5. The van der Waals surface area contributed by atoms with Crippen molar-refractivity contribution in [3.63, 3.8) is 0 Å². The summed E-state index contributed by atoms with van der Waals surface area (Å²) in [5, 5.41) is 23.8. The lowest BCUT2D eigenvalue weighted by molar-refractivity contribution is -0.106. The maximum atomic E-state index is 13.5. The second-order valence-corrected chi connectivity index (χ2v) is 11.4. The molecule has 1 saturated heterocycles. The predicted octanol–water partition coefficient (Wildman–Crippen LogP) is 3.78. The van der Waals surface area contributed by atoms with Crippen molar-refractivity contribution >= 4 is 17.9 Å². The summed E-state index contributed by atoms with van der Waals surface area (Å²) >= 11 is 0. The highest BCUT2D eigenvalue weighted by Gasteiger charge is 2.62. The summed E-state index contributed by atoms with van der Waals surface area (Å²) in [6, 6.07) is 2.91. The van der Waals surface area contributed by atoms with Crippen LogP contribution in [0.15, 0.2) is 44.4 Å². The van der Waals surface area contributed by atoms with E-state index in [4.69, 9.17) is 15.3 Å². The molecule has 1 heterocycles. The minimum absolute atomic E-state index is 0.000873. The van der Waals surface area contributed by atoms with E-state index in [-0.39, 0.29) is 46.6 Å². The molecule has 7 N–H and O–H groups in total. The number of phenols is 1. The number of benzene rings is 1. The lowest BCUT2D eigenvalue weighted by Gasteiger charge is -2.34. The summed E-state index contributed by atoms with van der Waals surface area (Å²) in [7, 11) is 3.75. The molecule has 1 amide bonds. The molecule has 10 nitrogen and oxygen atoms in total. The number of amides is 1. The van der Waals surface area contributed by atoms with Gasteiger partial charge in [-0.2, -0.15) is 0 Å². The van der Waals surface area contributed by atoms with Crippen LogP contribution in [0.3, 0.4) is 0 Å². The number of nitrogens with one attached hydrogen (secondary N) is 1. The quantitative estimate of drug-likeness (QED) is 0.155. The molecule has 0 bridgehead atoms. The molecule has 3 atom stereocenters. The van der Waals surface area contributed by atoms with Crippen LogP contribution in [0, 0.1) is 11.8 Å². The Morgan fingerprint density at radius 3 is 2.19 bits per heavy atom. The monoisotopic (exact) mass is 581 g/mol. The third-order valence-electron chi connectivity index (χ3n) is 8.62. The van der Waals surface area contributed by atoms with Crippen LogP contribution >= 0.6 is 0 Å². The Balaban J connectivity index is 0.000000419. The van der Waals surface area contributed by atoms with Crippen LogP contribution in [0.5, 0.6) is 5.75 Å². The van der Waals surface area contributed by atoms with Crippen molar-refractivity contribution in [1.82, 2.24) is 5.32 Å². The van der Waals surface area contributed by atoms with Crippen molar-refractivity contribution in [2.75, 3.05) is 19.8 Å². The van der Waals surface area contributed by atoms with Crippen LogP contribution in [0.2, 0.25) is 0 Å². The normalized spacial score (nSPS) is 23.4. The molecule has 1 saturated carbocycles. The lowest BCUT2D eigenvalue weighted by atomic mass is 9.66. The fraction of sp³-hybridized carbons (Fsp3) is 0.500. The fourth-order valence-corrected chi connectivity index (χ4v) is 5.66. The zero-order valence-electron chi connectivity index (χ0n) is 25.1. The molecule has 228 valence electrons. The molecule has 4 aliphatic rings. The van der Waals surface area contributed by atoms with E-state index in [2.05, 4.69) is 11.1 Å². The van der Waals surface area contributed by atoms with Gasteiger partial charge in [-0.1, -0.05) is 38.7 Å². The van der Waals surface area contributed by atoms with Crippen molar-refractivity contribution in [2.45, 2.75) is 77.7 Å². The number of anilines is 1. The van der Waals surface area contributed by atoms with Gasteiger partial charge in [0.25, 0.3) is 0 Å². The smallest absolute Gasteiger partial charge is 0.249 e. The molecule has 2 aromatic carbocycles. The molecule has 2 fully saturated rings. The van der Waals surface area contributed by atoms with Crippen LogP contribution in [0.1, 0.15) is 81.6 Å². The number of ketones is 1. The zero-order chi connectivity index (χ0) is 31.4. The van der Waals surface area contributed by atoms with Crippen LogP contribution in [0.25, 0.3) is 11.1 Å². The highest BCUT2D eigenvalue weighted by molar-refractivity contribution is 6.15. The van der Waals surface area contributed by atoms with Crippen molar-refractivity contribution in [3.8, 4) is 16.9 Å². The number of ether oxygens (including phenoxy) is 1. The van der Waals surface area contributed by atoms with E-state index in [0.29, 0.717) is 47.5 Å². The summed E-state index contributed by atoms with van der Waals surface area (Å²) in [5.74, 6) is 0.340. The van der Waals surface area contributed by atoms with Gasteiger partial charge in [0.2, 0.25) is 17.3 Å². The topological polar surface area (TPSA) is 185 Å². The third-order valence-corrected chi connectivity index (χ3v) is 8.62. The molecule has 0 radical (unpaired) electrons. The average Bonchev–Trinajstić information content (AvgIpc) is 3.61. The zero-order valence-corrected chi connectivity index (χ0v) is 25.1. The molecule has 0 aromatic heterocycles. The van der Waals surface area contributed by atoms with Gasteiger partial charge >= 0.3 is 0 Å². The molecule has 1 aliphatic heterocycles. The summed E-state index contributed by atoms with van der Waals surface area (Å²) in [4.78, 5) is 45.9. The molecule has 42 heavy (non-hydrogen) atoms. The maximum Gasteiger partial charge on any atom is 0.249 e. The number of nitrogens with two attached hydrogens (primary N) is 2. The SMILES string of the molecule is C1CCC1.CC/C(C)=C(/O)C[C@@H]1CC2Cc3c(-c4c(N)c(=O)c4=O)ccc(O)c3C(=O)C2=C2O[C@]21C.CNC.NC=O. The second-order valence-electron chi connectivity index (χ2n) is 11.4. The first-order valence-electron chi connectivity index (χ1n) is 14.5. The summed E-state index contributed by atoms with van der Waals surface area (Å²) < 4.78 is 5.96. The number of hydrogen-bond acceptors (Lipinski definition) is 9. The van der Waals surface area contributed by atoms with Gasteiger partial charge in [0, 0.05) is 17.9 Å². The number of aliphatic hydroxyl groups excluding tert-OH is 1. The molecule has 6 rings (SSSR count). The van der Waals surface area contributed by atoms with E-state index >= 15 is 0 Å². The fourth-order valence-electron chi connectivity index (χ4n) is 5.66. The molecule has 1 unspecified atom stereocenters. The standard InChI is InChI=1S/C25H25NO6.C4H8.C2H7N.CH3NO/c1-4-10(2)16(28)9-12-7-11-8-14-13(19-20(26)23(31)22(19)30)5-6-15(27)18(14)21(29)17(11)24-25(12,3)32-24;1-2-4-3-1;1-3-2;2-1-3/h5-6,11-12,27-28H,4,7-9,26H2,1-3H3;1-4H2;3H,1-2H3;1H,(H2,2,3)/b16-10+;;;/t11?,12-,25-;;;/m0.../s1. The van der Waals surface area contributed by atoms with Gasteiger partial charge in [-0.05, 0) is 75.9 Å². The first-order chi connectivity index (χ1) is 19.9. The van der Waals surface area contributed by atoms with Gasteiger partial charge in [0.1, 0.15) is 11.5 Å². The van der Waals surface area contributed by atoms with Gasteiger partial charge in [-0.3, -0.25) is 19.2 Å². The molecule has 3 aliphatic carbocycles. The highest BCUT2D eigenvalue weighted by atomic mass is 16.6. The van der Waals surface area contributed by atoms with Gasteiger partial charge in [-0.25, -0.2) is 0 Å². The number of Topliss-reactive ketones (excluding diaryl/α,β-unsaturated/α-hetero) is 1. The largest absolute Gasteiger partial charge is 0.512 e. The van der Waals surface area contributed by atoms with Crippen molar-refractivity contribution < 1.29 is 24.5 Å². The van der Waals surface area contributed by atoms with Gasteiger partial charge in [0.05, 0.1) is 22.6 Å². The van der Waals surface area contributed by atoms with Crippen LogP contribution in [-0.2, 0) is 16.0 Å². The van der Waals surface area contributed by atoms with Crippen molar-refractivity contribution in [3.05, 3.63) is 66.4 Å². The Kier molecular flexibility index (Phi) is 10.4. The molecular formula is C32H43N3O7. The predicted molar refractivity (Wildman–Crippen MR) is 163 cm³/mol. The van der Waals surface area contributed by atoms with Crippen LogP contribution in [0.4, 0.5) is 5.69 Å². The van der Waals surface area contributed by atoms with E-state index in [9.17, 15) is 24.6 Å². The number of primary amides is 1. The number of carbonyl (C=O) groups is 2. The number of carbonyl (C=O) groups excluding carboxylic acids is 2. The Morgan fingerprint density at radius 2 is 1.69 bits per heavy atom. The van der Waals surface area contributed by atoms with Gasteiger partial charge in [-0.15, -0.1) is 0 Å². The lowest BCUT2D eigenvalue weighted by Crippen LogP contribution is -2.37. The first kappa shape index (κ1) is 32.6. The van der Waals surface area contributed by atoms with Crippen molar-refractivity contribution in [2.24, 2.45) is 17.6 Å². The third kappa shape index (κ3) is 5.99. The van der Waals surface area contributed by atoms with E-state index in [1.807, 2.05) is 34.9 Å². The van der Waals surface area contributed by atoms with Crippen LogP contribution < -0.4 is 27.6 Å². The number of aliphatic hydroxyl groups is 1. The Morgan fingerprint density at radius 1 is 1.12 bits per heavy atom. The average molecular weight is 582 g/mol. The Hall–Kier alpha value is -3.92. The highest BCUT2D eigenvalue weighted by Crippen LogP contribution is 2.60. The van der Waals surface area contributed by atoms with Gasteiger partial charge < -0.3 is 31.7 Å². The number of allylic oxidation sites excluding steroid dienone is 3. The number of fused-ring (bicyclic) bond motifs is 3.